The van der Waals surface area contributed by atoms with Crippen molar-refractivity contribution in [2.45, 2.75) is 13.0 Å². The van der Waals surface area contributed by atoms with E-state index in [2.05, 4.69) is 4.98 Å². The van der Waals surface area contributed by atoms with Gasteiger partial charge in [0.2, 0.25) is 5.91 Å². The summed E-state index contributed by atoms with van der Waals surface area (Å²) < 4.78 is 0. The van der Waals surface area contributed by atoms with Crippen LogP contribution in [0.3, 0.4) is 0 Å². The van der Waals surface area contributed by atoms with Crippen LogP contribution in [0.2, 0.25) is 5.02 Å². The largest absolute Gasteiger partial charge is 0.339 e. The first-order valence-electron chi connectivity index (χ1n) is 8.03. The zero-order chi connectivity index (χ0) is 17.8. The van der Waals surface area contributed by atoms with Crippen molar-refractivity contribution in [3.05, 3.63) is 50.9 Å². The van der Waals surface area contributed by atoms with Gasteiger partial charge in [0.1, 0.15) is 10.7 Å². The number of hydrogen-bond acceptors (Lipinski definition) is 5. The van der Waals surface area contributed by atoms with E-state index in [0.29, 0.717) is 43.4 Å². The maximum Gasteiger partial charge on any atom is 0.273 e. The Morgan fingerprint density at radius 2 is 1.84 bits per heavy atom. The van der Waals surface area contributed by atoms with Gasteiger partial charge in [-0.05, 0) is 11.6 Å². The molecule has 2 amide bonds. The monoisotopic (exact) mass is 378 g/mol. The van der Waals surface area contributed by atoms with Gasteiger partial charge in [-0.1, -0.05) is 29.8 Å². The Balaban J connectivity index is 1.55. The van der Waals surface area contributed by atoms with Crippen LogP contribution in [0.25, 0.3) is 0 Å². The summed E-state index contributed by atoms with van der Waals surface area (Å²) in [6.07, 6.45) is 0.277. The second kappa shape index (κ2) is 7.95. The molecule has 0 unspecified atom stereocenters. The van der Waals surface area contributed by atoms with E-state index in [-0.39, 0.29) is 18.2 Å². The molecule has 132 valence electrons. The quantitative estimate of drug-likeness (QED) is 0.879. The summed E-state index contributed by atoms with van der Waals surface area (Å²) >= 11 is 7.50. The Morgan fingerprint density at radius 3 is 2.48 bits per heavy atom. The molecule has 1 saturated heterocycles. The number of nitrogens with two attached hydrogens (primary N) is 1. The molecule has 8 heteroatoms. The maximum atomic E-state index is 12.4. The zero-order valence-electron chi connectivity index (χ0n) is 13.7. The van der Waals surface area contributed by atoms with Crippen molar-refractivity contribution in [1.29, 1.82) is 0 Å². The van der Waals surface area contributed by atoms with Crippen LogP contribution in [0.15, 0.2) is 29.6 Å². The molecular formula is C17H19ClN4O2S. The van der Waals surface area contributed by atoms with Gasteiger partial charge in [0.25, 0.3) is 5.91 Å². The Morgan fingerprint density at radius 1 is 1.16 bits per heavy atom. The molecule has 2 heterocycles. The molecule has 2 aromatic rings. The van der Waals surface area contributed by atoms with Gasteiger partial charge in [-0.2, -0.15) is 0 Å². The molecule has 0 saturated carbocycles. The summed E-state index contributed by atoms with van der Waals surface area (Å²) in [5.41, 5.74) is 6.79. The maximum absolute atomic E-state index is 12.4. The highest BCUT2D eigenvalue weighted by molar-refractivity contribution is 7.09. The first kappa shape index (κ1) is 17.8. The molecule has 25 heavy (non-hydrogen) atoms. The number of amides is 2. The fourth-order valence-electron chi connectivity index (χ4n) is 2.74. The summed E-state index contributed by atoms with van der Waals surface area (Å²) in [6, 6.07) is 7.35. The van der Waals surface area contributed by atoms with E-state index in [1.807, 2.05) is 18.2 Å². The van der Waals surface area contributed by atoms with Crippen molar-refractivity contribution in [3.8, 4) is 0 Å². The first-order chi connectivity index (χ1) is 12.1. The van der Waals surface area contributed by atoms with Gasteiger partial charge in [0.05, 0.1) is 6.42 Å². The van der Waals surface area contributed by atoms with Crippen LogP contribution in [0.5, 0.6) is 0 Å². The fourth-order valence-corrected chi connectivity index (χ4v) is 3.59. The second-order valence-corrected chi connectivity index (χ2v) is 7.12. The molecule has 2 N–H and O–H groups in total. The molecule has 0 aliphatic carbocycles. The number of nitrogens with zero attached hydrogens (tertiary/aromatic N) is 3. The molecule has 1 aliphatic rings. The number of hydrogen-bond donors (Lipinski definition) is 1. The van der Waals surface area contributed by atoms with Gasteiger partial charge < -0.3 is 15.5 Å². The van der Waals surface area contributed by atoms with Crippen LogP contribution in [-0.4, -0.2) is 52.8 Å². The fraction of sp³-hybridized carbons (Fsp3) is 0.353. The summed E-state index contributed by atoms with van der Waals surface area (Å²) in [5, 5.41) is 3.08. The Kier molecular flexibility index (Phi) is 5.67. The summed E-state index contributed by atoms with van der Waals surface area (Å²) in [4.78, 5) is 32.6. The summed E-state index contributed by atoms with van der Waals surface area (Å²) in [5.74, 6) is -0.0755. The van der Waals surface area contributed by atoms with Crippen molar-refractivity contribution in [1.82, 2.24) is 14.8 Å². The van der Waals surface area contributed by atoms with Crippen LogP contribution in [-0.2, 0) is 17.8 Å². The van der Waals surface area contributed by atoms with E-state index < -0.39 is 0 Å². The lowest BCUT2D eigenvalue weighted by Crippen LogP contribution is -2.51. The van der Waals surface area contributed by atoms with E-state index in [4.69, 9.17) is 17.3 Å². The molecule has 1 fully saturated rings. The number of carbonyl (C=O) groups excluding carboxylic acids is 2. The van der Waals surface area contributed by atoms with E-state index in [9.17, 15) is 9.59 Å². The van der Waals surface area contributed by atoms with E-state index in [1.54, 1.807) is 21.2 Å². The molecule has 6 nitrogen and oxygen atoms in total. The molecule has 1 aromatic carbocycles. The SMILES string of the molecule is NCc1nc(C(=O)N2CCN(C(=O)Cc3ccccc3Cl)CC2)cs1. The smallest absolute Gasteiger partial charge is 0.273 e. The first-order valence-corrected chi connectivity index (χ1v) is 9.29. The second-order valence-electron chi connectivity index (χ2n) is 5.77. The van der Waals surface area contributed by atoms with Crippen molar-refractivity contribution < 1.29 is 9.59 Å². The number of aromatic nitrogens is 1. The normalized spacial score (nSPS) is 14.6. The lowest BCUT2D eigenvalue weighted by atomic mass is 10.1. The Hall–Kier alpha value is -1.96. The number of benzene rings is 1. The number of piperazine rings is 1. The van der Waals surface area contributed by atoms with Crippen LogP contribution in [0.4, 0.5) is 0 Å². The average molecular weight is 379 g/mol. The number of carbonyl (C=O) groups is 2. The predicted molar refractivity (Wildman–Crippen MR) is 97.6 cm³/mol. The molecule has 1 aromatic heterocycles. The van der Waals surface area contributed by atoms with Crippen LogP contribution in [0, 0.1) is 0 Å². The standard InChI is InChI=1S/C17H19ClN4O2S/c18-13-4-2-1-3-12(13)9-16(23)21-5-7-22(8-6-21)17(24)14-11-25-15(10-19)20-14/h1-4,11H,5-10,19H2. The summed E-state index contributed by atoms with van der Waals surface area (Å²) in [6.45, 7) is 2.37. The molecule has 0 spiro atoms. The van der Waals surface area contributed by atoms with E-state index >= 15 is 0 Å². The molecule has 3 rings (SSSR count). The molecule has 0 bridgehead atoms. The van der Waals surface area contributed by atoms with Gasteiger partial charge >= 0.3 is 0 Å². The van der Waals surface area contributed by atoms with E-state index in [1.165, 1.54) is 11.3 Å². The van der Waals surface area contributed by atoms with Gasteiger partial charge in [-0.25, -0.2) is 4.98 Å². The molecule has 0 radical (unpaired) electrons. The van der Waals surface area contributed by atoms with Gasteiger partial charge in [-0.3, -0.25) is 9.59 Å². The van der Waals surface area contributed by atoms with Crippen molar-refractivity contribution in [2.75, 3.05) is 26.2 Å². The molecule has 1 aliphatic heterocycles. The minimum atomic E-state index is -0.103. The predicted octanol–water partition coefficient (Wildman–Crippen LogP) is 1.78. The average Bonchev–Trinajstić information content (AvgIpc) is 3.12. The zero-order valence-corrected chi connectivity index (χ0v) is 15.2. The molecular weight excluding hydrogens is 360 g/mol. The highest BCUT2D eigenvalue weighted by Gasteiger charge is 2.26. The number of halogens is 1. The minimum absolute atomic E-state index is 0.0271. The minimum Gasteiger partial charge on any atom is -0.339 e. The lowest BCUT2D eigenvalue weighted by molar-refractivity contribution is -0.131. The number of thiazole rings is 1. The van der Waals surface area contributed by atoms with E-state index in [0.717, 1.165) is 10.6 Å². The number of rotatable bonds is 4. The van der Waals surface area contributed by atoms with Crippen molar-refractivity contribution in [3.63, 3.8) is 0 Å². The highest BCUT2D eigenvalue weighted by Crippen LogP contribution is 2.17. The van der Waals surface area contributed by atoms with Crippen molar-refractivity contribution in [2.24, 2.45) is 5.73 Å². The Bertz CT molecular complexity index is 772. The Labute approximate surface area is 155 Å². The third kappa shape index (κ3) is 4.18. The van der Waals surface area contributed by atoms with Gasteiger partial charge in [-0.15, -0.1) is 11.3 Å². The molecule has 0 atom stereocenters. The van der Waals surface area contributed by atoms with Crippen LogP contribution < -0.4 is 5.73 Å². The third-order valence-electron chi connectivity index (χ3n) is 4.16. The summed E-state index contributed by atoms with van der Waals surface area (Å²) in [7, 11) is 0. The van der Waals surface area contributed by atoms with Gasteiger partial charge in [0.15, 0.2) is 0 Å². The third-order valence-corrected chi connectivity index (χ3v) is 5.40. The van der Waals surface area contributed by atoms with Crippen LogP contribution >= 0.6 is 22.9 Å². The van der Waals surface area contributed by atoms with Gasteiger partial charge in [0, 0.05) is 43.1 Å². The van der Waals surface area contributed by atoms with Crippen LogP contribution in [0.1, 0.15) is 21.1 Å². The lowest BCUT2D eigenvalue weighted by Gasteiger charge is -2.34. The van der Waals surface area contributed by atoms with Crippen molar-refractivity contribution >= 4 is 34.8 Å². The highest BCUT2D eigenvalue weighted by atomic mass is 35.5. The topological polar surface area (TPSA) is 79.5 Å².